The Morgan fingerprint density at radius 2 is 1.68 bits per heavy atom. The Hall–Kier alpha value is -1.40. The van der Waals surface area contributed by atoms with E-state index in [0.717, 1.165) is 10.2 Å². The van der Waals surface area contributed by atoms with Crippen LogP contribution in [0.25, 0.3) is 0 Å². The molecule has 5 nitrogen and oxygen atoms in total. The number of benzene rings is 1. The van der Waals surface area contributed by atoms with Crippen LogP contribution >= 0.6 is 15.9 Å². The molecule has 1 rings (SSSR count). The molecule has 0 saturated heterocycles. The van der Waals surface area contributed by atoms with Gasteiger partial charge in [0.25, 0.3) is 0 Å². The fourth-order valence-electron chi connectivity index (χ4n) is 1.40. The van der Waals surface area contributed by atoms with E-state index in [1.807, 2.05) is 26.0 Å². The molecule has 0 unspecified atom stereocenters. The predicted octanol–water partition coefficient (Wildman–Crippen LogP) is 1.50. The number of carbonyl (C=O) groups is 2. The van der Waals surface area contributed by atoms with Gasteiger partial charge in [-0.2, -0.15) is 0 Å². The Kier molecular flexibility index (Phi) is 6.52. The van der Waals surface area contributed by atoms with Gasteiger partial charge in [-0.1, -0.05) is 15.9 Å². The Bertz CT molecular complexity index is 432. The van der Waals surface area contributed by atoms with Crippen LogP contribution in [0.4, 0.5) is 5.69 Å². The summed E-state index contributed by atoms with van der Waals surface area (Å²) in [5.41, 5.74) is 0.724. The van der Waals surface area contributed by atoms with E-state index in [4.69, 9.17) is 0 Å². The quantitative estimate of drug-likeness (QED) is 0.741. The van der Waals surface area contributed by atoms with E-state index in [9.17, 15) is 9.59 Å². The number of hydrogen-bond donors (Lipinski definition) is 3. The van der Waals surface area contributed by atoms with E-state index in [2.05, 4.69) is 31.9 Å². The molecule has 0 bridgehead atoms. The molecule has 104 valence electrons. The van der Waals surface area contributed by atoms with Gasteiger partial charge in [0.1, 0.15) is 0 Å². The highest BCUT2D eigenvalue weighted by molar-refractivity contribution is 9.10. The Morgan fingerprint density at radius 3 is 2.26 bits per heavy atom. The first-order valence-electron chi connectivity index (χ1n) is 6.03. The van der Waals surface area contributed by atoms with Crippen LogP contribution in [0.15, 0.2) is 28.7 Å². The predicted molar refractivity (Wildman–Crippen MR) is 78.9 cm³/mol. The molecule has 0 atom stereocenters. The van der Waals surface area contributed by atoms with Crippen molar-refractivity contribution in [2.45, 2.75) is 19.9 Å². The Morgan fingerprint density at radius 1 is 1.11 bits per heavy atom. The SMILES string of the molecule is CC(C)NC(=O)CNCC(=O)Nc1ccc(Br)cc1. The van der Waals surface area contributed by atoms with Gasteiger partial charge >= 0.3 is 0 Å². The normalized spacial score (nSPS) is 10.3. The average molecular weight is 328 g/mol. The van der Waals surface area contributed by atoms with Crippen molar-refractivity contribution in [3.05, 3.63) is 28.7 Å². The topological polar surface area (TPSA) is 70.2 Å². The first-order valence-corrected chi connectivity index (χ1v) is 6.82. The maximum absolute atomic E-state index is 11.6. The molecule has 1 aromatic rings. The van der Waals surface area contributed by atoms with Gasteiger partial charge in [0, 0.05) is 16.2 Å². The summed E-state index contributed by atoms with van der Waals surface area (Å²) in [7, 11) is 0. The summed E-state index contributed by atoms with van der Waals surface area (Å²) in [6.07, 6.45) is 0. The zero-order valence-electron chi connectivity index (χ0n) is 11.0. The maximum atomic E-state index is 11.6. The van der Waals surface area contributed by atoms with Crippen molar-refractivity contribution in [3.63, 3.8) is 0 Å². The molecule has 1 aromatic carbocycles. The summed E-state index contributed by atoms with van der Waals surface area (Å²) in [5.74, 6) is -0.300. The van der Waals surface area contributed by atoms with Crippen LogP contribution in [0.1, 0.15) is 13.8 Å². The summed E-state index contributed by atoms with van der Waals surface area (Å²) in [5, 5.41) is 8.25. The molecule has 0 fully saturated rings. The first kappa shape index (κ1) is 15.7. The smallest absolute Gasteiger partial charge is 0.238 e. The molecule has 0 aliphatic carbocycles. The second-order valence-corrected chi connectivity index (χ2v) is 5.30. The molecule has 0 radical (unpaired) electrons. The summed E-state index contributed by atoms with van der Waals surface area (Å²) >= 11 is 3.32. The van der Waals surface area contributed by atoms with Crippen molar-refractivity contribution < 1.29 is 9.59 Å². The van der Waals surface area contributed by atoms with Crippen LogP contribution in [0, 0.1) is 0 Å². The lowest BCUT2D eigenvalue weighted by atomic mass is 10.3. The lowest BCUT2D eigenvalue weighted by molar-refractivity contribution is -0.120. The molecule has 0 saturated carbocycles. The van der Waals surface area contributed by atoms with Crippen molar-refractivity contribution in [2.75, 3.05) is 18.4 Å². The van der Waals surface area contributed by atoms with Crippen molar-refractivity contribution >= 4 is 33.4 Å². The van der Waals surface area contributed by atoms with Crippen molar-refractivity contribution in [1.82, 2.24) is 10.6 Å². The molecule has 2 amide bonds. The second kappa shape index (κ2) is 7.91. The third kappa shape index (κ3) is 6.93. The van der Waals surface area contributed by atoms with Gasteiger partial charge in [-0.25, -0.2) is 0 Å². The van der Waals surface area contributed by atoms with Crippen LogP contribution in [-0.4, -0.2) is 30.9 Å². The summed E-state index contributed by atoms with van der Waals surface area (Å²) < 4.78 is 0.953. The number of anilines is 1. The standard InChI is InChI=1S/C13H18BrN3O2/c1-9(2)16-12(18)7-15-8-13(19)17-11-5-3-10(14)4-6-11/h3-6,9,15H,7-8H2,1-2H3,(H,16,18)(H,17,19). The van der Waals surface area contributed by atoms with Gasteiger partial charge in [0.2, 0.25) is 11.8 Å². The van der Waals surface area contributed by atoms with Gasteiger partial charge in [0.15, 0.2) is 0 Å². The minimum atomic E-state index is -0.181. The molecule has 6 heteroatoms. The fourth-order valence-corrected chi connectivity index (χ4v) is 1.67. The van der Waals surface area contributed by atoms with Crippen molar-refractivity contribution in [3.8, 4) is 0 Å². The zero-order chi connectivity index (χ0) is 14.3. The highest BCUT2D eigenvalue weighted by Gasteiger charge is 2.05. The van der Waals surface area contributed by atoms with Gasteiger partial charge < -0.3 is 10.6 Å². The minimum absolute atomic E-state index is 0.0988. The molecule has 0 spiro atoms. The van der Waals surface area contributed by atoms with Gasteiger partial charge in [0.05, 0.1) is 13.1 Å². The van der Waals surface area contributed by atoms with E-state index in [0.29, 0.717) is 0 Å². The van der Waals surface area contributed by atoms with E-state index in [1.165, 1.54) is 0 Å². The molecule has 3 N–H and O–H groups in total. The molecular weight excluding hydrogens is 310 g/mol. The van der Waals surface area contributed by atoms with Gasteiger partial charge in [-0.05, 0) is 38.1 Å². The molecule has 0 aliphatic rings. The highest BCUT2D eigenvalue weighted by Crippen LogP contribution is 2.13. The van der Waals surface area contributed by atoms with Crippen LogP contribution in [-0.2, 0) is 9.59 Å². The number of carbonyl (C=O) groups excluding carboxylic acids is 2. The van der Waals surface area contributed by atoms with Gasteiger partial charge in [-0.15, -0.1) is 0 Å². The first-order chi connectivity index (χ1) is 8.97. The summed E-state index contributed by atoms with van der Waals surface area (Å²) in [6, 6.07) is 7.39. The Balaban J connectivity index is 2.25. The zero-order valence-corrected chi connectivity index (χ0v) is 12.6. The number of halogens is 1. The van der Waals surface area contributed by atoms with E-state index in [-0.39, 0.29) is 30.9 Å². The molecular formula is C13H18BrN3O2. The lowest BCUT2D eigenvalue weighted by Gasteiger charge is -2.09. The summed E-state index contributed by atoms with van der Waals surface area (Å²) in [6.45, 7) is 4.00. The van der Waals surface area contributed by atoms with Crippen LogP contribution in [0.5, 0.6) is 0 Å². The molecule has 0 heterocycles. The fraction of sp³-hybridized carbons (Fsp3) is 0.385. The monoisotopic (exact) mass is 327 g/mol. The van der Waals surface area contributed by atoms with Crippen LogP contribution < -0.4 is 16.0 Å². The number of amides is 2. The third-order valence-corrected chi connectivity index (χ3v) is 2.68. The third-order valence-electron chi connectivity index (χ3n) is 2.15. The second-order valence-electron chi connectivity index (χ2n) is 4.38. The number of hydrogen-bond acceptors (Lipinski definition) is 3. The molecule has 19 heavy (non-hydrogen) atoms. The highest BCUT2D eigenvalue weighted by atomic mass is 79.9. The molecule has 0 aromatic heterocycles. The lowest BCUT2D eigenvalue weighted by Crippen LogP contribution is -2.40. The summed E-state index contributed by atoms with van der Waals surface area (Å²) in [4.78, 5) is 22.9. The number of nitrogens with one attached hydrogen (secondary N) is 3. The van der Waals surface area contributed by atoms with Crippen LogP contribution in [0.2, 0.25) is 0 Å². The largest absolute Gasteiger partial charge is 0.353 e. The van der Waals surface area contributed by atoms with E-state index >= 15 is 0 Å². The van der Waals surface area contributed by atoms with Gasteiger partial charge in [-0.3, -0.25) is 14.9 Å². The average Bonchev–Trinajstić information content (AvgIpc) is 2.31. The molecule has 0 aliphatic heterocycles. The van der Waals surface area contributed by atoms with Crippen molar-refractivity contribution in [1.29, 1.82) is 0 Å². The van der Waals surface area contributed by atoms with E-state index in [1.54, 1.807) is 12.1 Å². The Labute approximate surface area is 121 Å². The van der Waals surface area contributed by atoms with Crippen LogP contribution in [0.3, 0.4) is 0 Å². The van der Waals surface area contributed by atoms with Crippen molar-refractivity contribution in [2.24, 2.45) is 0 Å². The number of rotatable bonds is 6. The minimum Gasteiger partial charge on any atom is -0.353 e. The maximum Gasteiger partial charge on any atom is 0.238 e. The van der Waals surface area contributed by atoms with E-state index < -0.39 is 0 Å².